The number of hydrogen-bond donors (Lipinski definition) is 3. The Balaban J connectivity index is 1.84. The molecule has 1 aliphatic heterocycles. The highest BCUT2D eigenvalue weighted by Crippen LogP contribution is 2.06. The van der Waals surface area contributed by atoms with Crippen LogP contribution in [0.4, 0.5) is 4.79 Å². The second kappa shape index (κ2) is 7.39. The predicted molar refractivity (Wildman–Crippen MR) is 77.3 cm³/mol. The van der Waals surface area contributed by atoms with Crippen molar-refractivity contribution in [3.63, 3.8) is 0 Å². The van der Waals surface area contributed by atoms with Crippen LogP contribution in [0.3, 0.4) is 0 Å². The normalized spacial score (nSPS) is 19.5. The van der Waals surface area contributed by atoms with E-state index in [0.29, 0.717) is 19.8 Å². The molecular formula is C13H19N3O4S. The average Bonchev–Trinajstić information content (AvgIpc) is 2.74. The Morgan fingerprint density at radius 1 is 1.33 bits per heavy atom. The number of carbonyl (C=O) groups excluding carboxylic acids is 1. The third-order valence-electron chi connectivity index (χ3n) is 3.04. The van der Waals surface area contributed by atoms with Crippen LogP contribution in [-0.2, 0) is 14.8 Å². The third-order valence-corrected chi connectivity index (χ3v) is 4.39. The Morgan fingerprint density at radius 3 is 2.86 bits per heavy atom. The van der Waals surface area contributed by atoms with E-state index in [-0.39, 0.29) is 10.8 Å². The highest BCUT2D eigenvalue weighted by atomic mass is 32.2. The first-order valence-electron chi connectivity index (χ1n) is 6.72. The van der Waals surface area contributed by atoms with Gasteiger partial charge in [0.05, 0.1) is 18.1 Å². The SMILES string of the molecule is O=C(NC[C@@H]1CNCCOC1)NS(=O)(=O)c1ccccc1. The molecule has 0 saturated carbocycles. The minimum atomic E-state index is -3.83. The van der Waals surface area contributed by atoms with Crippen molar-refractivity contribution in [2.24, 2.45) is 5.92 Å². The lowest BCUT2D eigenvalue weighted by Gasteiger charge is -2.15. The first kappa shape index (κ1) is 15.7. The zero-order valence-electron chi connectivity index (χ0n) is 11.5. The van der Waals surface area contributed by atoms with Gasteiger partial charge in [0.2, 0.25) is 0 Å². The predicted octanol–water partition coefficient (Wildman–Crippen LogP) is -0.0895. The number of urea groups is 1. The molecule has 0 radical (unpaired) electrons. The van der Waals surface area contributed by atoms with Crippen molar-refractivity contribution in [3.8, 4) is 0 Å². The Morgan fingerprint density at radius 2 is 2.10 bits per heavy atom. The molecular weight excluding hydrogens is 294 g/mol. The van der Waals surface area contributed by atoms with Crippen LogP contribution in [0.1, 0.15) is 0 Å². The van der Waals surface area contributed by atoms with E-state index in [4.69, 9.17) is 4.74 Å². The fourth-order valence-corrected chi connectivity index (χ4v) is 2.89. The Kier molecular flexibility index (Phi) is 5.54. The lowest BCUT2D eigenvalue weighted by molar-refractivity contribution is 0.123. The van der Waals surface area contributed by atoms with E-state index in [9.17, 15) is 13.2 Å². The topological polar surface area (TPSA) is 96.5 Å². The fraction of sp³-hybridized carbons (Fsp3) is 0.462. The van der Waals surface area contributed by atoms with E-state index in [1.807, 2.05) is 4.72 Å². The molecule has 0 unspecified atom stereocenters. The van der Waals surface area contributed by atoms with E-state index in [1.54, 1.807) is 18.2 Å². The summed E-state index contributed by atoms with van der Waals surface area (Å²) >= 11 is 0. The maximum absolute atomic E-state index is 11.9. The summed E-state index contributed by atoms with van der Waals surface area (Å²) in [6, 6.07) is 7.03. The van der Waals surface area contributed by atoms with Gasteiger partial charge < -0.3 is 15.4 Å². The van der Waals surface area contributed by atoms with Crippen molar-refractivity contribution in [2.75, 3.05) is 32.8 Å². The Hall–Kier alpha value is -1.64. The van der Waals surface area contributed by atoms with Gasteiger partial charge in [-0.3, -0.25) is 0 Å². The number of hydrogen-bond acceptors (Lipinski definition) is 5. The second-order valence-electron chi connectivity index (χ2n) is 4.77. The summed E-state index contributed by atoms with van der Waals surface area (Å²) in [5, 5.41) is 5.74. The fourth-order valence-electron chi connectivity index (χ4n) is 1.94. The molecule has 8 heteroatoms. The quantitative estimate of drug-likeness (QED) is 0.722. The molecule has 1 atom stereocenters. The molecule has 1 aliphatic rings. The van der Waals surface area contributed by atoms with Crippen molar-refractivity contribution in [1.82, 2.24) is 15.4 Å². The summed E-state index contributed by atoms with van der Waals surface area (Å²) in [5.41, 5.74) is 0. The molecule has 1 aromatic rings. The van der Waals surface area contributed by atoms with E-state index < -0.39 is 16.1 Å². The van der Waals surface area contributed by atoms with Crippen molar-refractivity contribution in [1.29, 1.82) is 0 Å². The molecule has 0 spiro atoms. The summed E-state index contributed by atoms with van der Waals surface area (Å²) < 4.78 is 31.2. The molecule has 1 saturated heterocycles. The third kappa shape index (κ3) is 5.00. The molecule has 7 nitrogen and oxygen atoms in total. The van der Waals surface area contributed by atoms with Crippen LogP contribution < -0.4 is 15.4 Å². The summed E-state index contributed by atoms with van der Waals surface area (Å²) in [6.45, 7) is 3.05. The minimum absolute atomic E-state index is 0.0552. The van der Waals surface area contributed by atoms with Crippen LogP contribution in [0.2, 0.25) is 0 Å². The van der Waals surface area contributed by atoms with Crippen LogP contribution >= 0.6 is 0 Å². The molecule has 3 N–H and O–H groups in total. The monoisotopic (exact) mass is 313 g/mol. The van der Waals surface area contributed by atoms with E-state index >= 15 is 0 Å². The van der Waals surface area contributed by atoms with Gasteiger partial charge in [0.1, 0.15) is 0 Å². The number of nitrogens with one attached hydrogen (secondary N) is 3. The van der Waals surface area contributed by atoms with Gasteiger partial charge in [-0.25, -0.2) is 17.9 Å². The van der Waals surface area contributed by atoms with Gasteiger partial charge in [-0.05, 0) is 12.1 Å². The summed E-state index contributed by atoms with van der Waals surface area (Å²) in [4.78, 5) is 11.8. The van der Waals surface area contributed by atoms with Crippen molar-refractivity contribution in [3.05, 3.63) is 30.3 Å². The lowest BCUT2D eigenvalue weighted by Crippen LogP contribution is -2.43. The van der Waals surface area contributed by atoms with Crippen molar-refractivity contribution >= 4 is 16.1 Å². The van der Waals surface area contributed by atoms with Crippen LogP contribution in [0.25, 0.3) is 0 Å². The van der Waals surface area contributed by atoms with Crippen molar-refractivity contribution in [2.45, 2.75) is 4.90 Å². The number of rotatable bonds is 4. The largest absolute Gasteiger partial charge is 0.380 e. The smallest absolute Gasteiger partial charge is 0.328 e. The molecule has 0 aliphatic carbocycles. The molecule has 21 heavy (non-hydrogen) atoms. The summed E-state index contributed by atoms with van der Waals surface area (Å²) in [7, 11) is -3.83. The number of sulfonamides is 1. The minimum Gasteiger partial charge on any atom is -0.380 e. The lowest BCUT2D eigenvalue weighted by atomic mass is 10.1. The van der Waals surface area contributed by atoms with Gasteiger partial charge in [-0.1, -0.05) is 18.2 Å². The molecule has 2 amide bonds. The van der Waals surface area contributed by atoms with Gasteiger partial charge in [0, 0.05) is 25.6 Å². The standard InChI is InChI=1S/C13H19N3O4S/c17-13(15-9-11-8-14-6-7-20-10-11)16-21(18,19)12-4-2-1-3-5-12/h1-5,11,14H,6-10H2,(H2,15,16,17)/t11-/m0/s1. The van der Waals surface area contributed by atoms with Gasteiger partial charge in [-0.2, -0.15) is 0 Å². The number of ether oxygens (including phenoxy) is 1. The molecule has 116 valence electrons. The molecule has 1 heterocycles. The molecule has 1 aromatic carbocycles. The average molecular weight is 313 g/mol. The summed E-state index contributed by atoms with van der Waals surface area (Å²) in [5.74, 6) is 0.123. The highest BCUT2D eigenvalue weighted by molar-refractivity contribution is 7.90. The van der Waals surface area contributed by atoms with Crippen LogP contribution in [0.5, 0.6) is 0 Å². The van der Waals surface area contributed by atoms with E-state index in [0.717, 1.165) is 13.1 Å². The second-order valence-corrected chi connectivity index (χ2v) is 6.46. The first-order valence-corrected chi connectivity index (χ1v) is 8.20. The summed E-state index contributed by atoms with van der Waals surface area (Å²) in [6.07, 6.45) is 0. The molecule has 0 bridgehead atoms. The van der Waals surface area contributed by atoms with Gasteiger partial charge in [-0.15, -0.1) is 0 Å². The first-order chi connectivity index (χ1) is 10.1. The van der Waals surface area contributed by atoms with Gasteiger partial charge in [0.25, 0.3) is 10.0 Å². The highest BCUT2D eigenvalue weighted by Gasteiger charge is 2.18. The molecule has 2 rings (SSSR count). The maximum Gasteiger partial charge on any atom is 0.328 e. The zero-order chi connectivity index (χ0) is 15.1. The zero-order valence-corrected chi connectivity index (χ0v) is 12.4. The van der Waals surface area contributed by atoms with Crippen LogP contribution in [-0.4, -0.2) is 47.3 Å². The van der Waals surface area contributed by atoms with E-state index in [2.05, 4.69) is 10.6 Å². The van der Waals surface area contributed by atoms with Crippen LogP contribution in [0.15, 0.2) is 35.2 Å². The number of carbonyl (C=O) groups is 1. The molecule has 0 aromatic heterocycles. The van der Waals surface area contributed by atoms with E-state index in [1.165, 1.54) is 12.1 Å². The number of amides is 2. The Labute approximate surface area is 124 Å². The van der Waals surface area contributed by atoms with Crippen molar-refractivity contribution < 1.29 is 17.9 Å². The van der Waals surface area contributed by atoms with Gasteiger partial charge >= 0.3 is 6.03 Å². The van der Waals surface area contributed by atoms with Crippen LogP contribution in [0, 0.1) is 5.92 Å². The molecule has 1 fully saturated rings. The maximum atomic E-state index is 11.9. The Bertz CT molecular complexity index is 554. The van der Waals surface area contributed by atoms with Gasteiger partial charge in [0.15, 0.2) is 0 Å². The number of benzene rings is 1.